The number of amides is 1. The lowest BCUT2D eigenvalue weighted by atomic mass is 9.99. The molecule has 1 aromatic carbocycles. The van der Waals surface area contributed by atoms with E-state index in [1.165, 1.54) is 19.2 Å². The van der Waals surface area contributed by atoms with Gasteiger partial charge in [0.2, 0.25) is 15.9 Å². The van der Waals surface area contributed by atoms with E-state index in [9.17, 15) is 13.2 Å². The van der Waals surface area contributed by atoms with E-state index < -0.39 is 16.1 Å². The summed E-state index contributed by atoms with van der Waals surface area (Å²) in [6.07, 6.45) is 0.793. The third-order valence-electron chi connectivity index (χ3n) is 3.61. The summed E-state index contributed by atoms with van der Waals surface area (Å²) >= 11 is 0. The van der Waals surface area contributed by atoms with E-state index in [-0.39, 0.29) is 16.7 Å². The normalized spacial score (nSPS) is 14.5. The van der Waals surface area contributed by atoms with E-state index in [1.807, 2.05) is 13.8 Å². The number of carbonyl (C=O) groups is 1. The molecule has 1 aromatic rings. The number of anilines is 1. The predicted molar refractivity (Wildman–Crippen MR) is 83.5 cm³/mol. The van der Waals surface area contributed by atoms with Crippen molar-refractivity contribution in [3.05, 3.63) is 23.8 Å². The lowest BCUT2D eigenvalue weighted by Gasteiger charge is -2.19. The average Bonchev–Trinajstić information content (AvgIpc) is 2.47. The van der Waals surface area contributed by atoms with Gasteiger partial charge in [-0.25, -0.2) is 13.1 Å². The van der Waals surface area contributed by atoms with E-state index in [4.69, 9.17) is 5.73 Å². The fourth-order valence-corrected chi connectivity index (χ4v) is 2.51. The maximum absolute atomic E-state index is 12.1. The van der Waals surface area contributed by atoms with Gasteiger partial charge in [0.25, 0.3) is 0 Å². The summed E-state index contributed by atoms with van der Waals surface area (Å²) < 4.78 is 25.8. The zero-order chi connectivity index (χ0) is 16.2. The van der Waals surface area contributed by atoms with Crippen LogP contribution in [0.2, 0.25) is 0 Å². The third-order valence-corrected chi connectivity index (χ3v) is 5.02. The second kappa shape index (κ2) is 7.02. The van der Waals surface area contributed by atoms with Crippen LogP contribution in [-0.4, -0.2) is 27.4 Å². The summed E-state index contributed by atoms with van der Waals surface area (Å²) in [6.45, 7) is 5.66. The summed E-state index contributed by atoms with van der Waals surface area (Å²) in [5, 5.41) is 2.71. The lowest BCUT2D eigenvalue weighted by Crippen LogP contribution is -2.40. The number of carbonyl (C=O) groups excluding carboxylic acids is 1. The molecule has 6 nitrogen and oxygen atoms in total. The van der Waals surface area contributed by atoms with Crippen molar-refractivity contribution in [1.29, 1.82) is 0 Å². The van der Waals surface area contributed by atoms with E-state index in [0.29, 0.717) is 5.69 Å². The Balaban J connectivity index is 3.04. The van der Waals surface area contributed by atoms with Crippen LogP contribution < -0.4 is 15.8 Å². The van der Waals surface area contributed by atoms with Gasteiger partial charge in [0.1, 0.15) is 0 Å². The SMILES string of the molecule is CCC(C)[C@H](N)C(=O)Nc1cc(S(=O)(=O)NC)ccc1C. The number of aryl methyl sites for hydroxylation is 1. The molecule has 1 rings (SSSR count). The number of benzene rings is 1. The van der Waals surface area contributed by atoms with Crippen LogP contribution in [0.25, 0.3) is 0 Å². The average molecular weight is 313 g/mol. The molecule has 0 spiro atoms. The van der Waals surface area contributed by atoms with Crippen molar-refractivity contribution in [1.82, 2.24) is 4.72 Å². The van der Waals surface area contributed by atoms with E-state index in [2.05, 4.69) is 10.0 Å². The summed E-state index contributed by atoms with van der Waals surface area (Å²) in [4.78, 5) is 12.2. The molecule has 0 fully saturated rings. The highest BCUT2D eigenvalue weighted by Gasteiger charge is 2.21. The van der Waals surface area contributed by atoms with Gasteiger partial charge in [-0.3, -0.25) is 4.79 Å². The summed E-state index contributed by atoms with van der Waals surface area (Å²) in [5.41, 5.74) is 7.10. The van der Waals surface area contributed by atoms with Crippen molar-refractivity contribution in [2.75, 3.05) is 12.4 Å². The molecule has 118 valence electrons. The minimum Gasteiger partial charge on any atom is -0.324 e. The summed E-state index contributed by atoms with van der Waals surface area (Å²) in [6, 6.07) is 3.95. The molecule has 0 aliphatic heterocycles. The largest absolute Gasteiger partial charge is 0.324 e. The zero-order valence-electron chi connectivity index (χ0n) is 12.8. The van der Waals surface area contributed by atoms with Gasteiger partial charge in [0.05, 0.1) is 10.9 Å². The molecule has 0 bridgehead atoms. The highest BCUT2D eigenvalue weighted by molar-refractivity contribution is 7.89. The van der Waals surface area contributed by atoms with Gasteiger partial charge < -0.3 is 11.1 Å². The fraction of sp³-hybridized carbons (Fsp3) is 0.500. The molecule has 0 saturated carbocycles. The van der Waals surface area contributed by atoms with Crippen molar-refractivity contribution in [2.24, 2.45) is 11.7 Å². The molecular formula is C14H23N3O3S. The first-order chi connectivity index (χ1) is 9.72. The Morgan fingerprint density at radius 3 is 2.52 bits per heavy atom. The van der Waals surface area contributed by atoms with Crippen LogP contribution in [0.15, 0.2) is 23.1 Å². The van der Waals surface area contributed by atoms with Gasteiger partial charge in [-0.1, -0.05) is 26.3 Å². The van der Waals surface area contributed by atoms with Crippen LogP contribution in [0.5, 0.6) is 0 Å². The second-order valence-electron chi connectivity index (χ2n) is 5.08. The molecule has 0 saturated heterocycles. The number of hydrogen-bond donors (Lipinski definition) is 3. The first kappa shape index (κ1) is 17.6. The van der Waals surface area contributed by atoms with Crippen molar-refractivity contribution in [2.45, 2.75) is 38.1 Å². The second-order valence-corrected chi connectivity index (χ2v) is 6.97. The highest BCUT2D eigenvalue weighted by atomic mass is 32.2. The first-order valence-corrected chi connectivity index (χ1v) is 8.31. The molecule has 4 N–H and O–H groups in total. The Hall–Kier alpha value is -1.44. The van der Waals surface area contributed by atoms with Crippen LogP contribution in [0.3, 0.4) is 0 Å². The summed E-state index contributed by atoms with van der Waals surface area (Å²) in [7, 11) is -2.21. The van der Waals surface area contributed by atoms with Gasteiger partial charge in [-0.2, -0.15) is 0 Å². The van der Waals surface area contributed by atoms with Crippen molar-refractivity contribution in [3.8, 4) is 0 Å². The Kier molecular flexibility index (Phi) is 5.88. The first-order valence-electron chi connectivity index (χ1n) is 6.83. The molecule has 0 aromatic heterocycles. The predicted octanol–water partition coefficient (Wildman–Crippen LogP) is 1.22. The van der Waals surface area contributed by atoms with Crippen LogP contribution >= 0.6 is 0 Å². The van der Waals surface area contributed by atoms with Crippen LogP contribution in [-0.2, 0) is 14.8 Å². The molecule has 0 aliphatic rings. The minimum absolute atomic E-state index is 0.0505. The van der Waals surface area contributed by atoms with Gasteiger partial charge in [-0.05, 0) is 37.6 Å². The molecule has 1 amide bonds. The number of nitrogens with two attached hydrogens (primary N) is 1. The smallest absolute Gasteiger partial charge is 0.241 e. The van der Waals surface area contributed by atoms with E-state index in [0.717, 1.165) is 12.0 Å². The Morgan fingerprint density at radius 2 is 2.00 bits per heavy atom. The number of hydrogen-bond acceptors (Lipinski definition) is 4. The number of sulfonamides is 1. The number of rotatable bonds is 6. The van der Waals surface area contributed by atoms with Gasteiger partial charge >= 0.3 is 0 Å². The zero-order valence-corrected chi connectivity index (χ0v) is 13.6. The monoisotopic (exact) mass is 313 g/mol. The molecule has 1 unspecified atom stereocenters. The van der Waals surface area contributed by atoms with Gasteiger partial charge in [-0.15, -0.1) is 0 Å². The molecule has 7 heteroatoms. The van der Waals surface area contributed by atoms with Crippen molar-refractivity contribution < 1.29 is 13.2 Å². The van der Waals surface area contributed by atoms with E-state index >= 15 is 0 Å². The third kappa shape index (κ3) is 4.26. The molecule has 21 heavy (non-hydrogen) atoms. The van der Waals surface area contributed by atoms with Crippen molar-refractivity contribution >= 4 is 21.6 Å². The van der Waals surface area contributed by atoms with Gasteiger partial charge in [0.15, 0.2) is 0 Å². The molecule has 0 aliphatic carbocycles. The van der Waals surface area contributed by atoms with E-state index in [1.54, 1.807) is 13.0 Å². The quantitative estimate of drug-likeness (QED) is 0.735. The molecule has 0 heterocycles. The molecule has 2 atom stereocenters. The van der Waals surface area contributed by atoms with Crippen molar-refractivity contribution in [3.63, 3.8) is 0 Å². The molecule has 0 radical (unpaired) electrons. The van der Waals surface area contributed by atoms with Crippen LogP contribution in [0.4, 0.5) is 5.69 Å². The fourth-order valence-electron chi connectivity index (χ4n) is 1.75. The van der Waals surface area contributed by atoms with Crippen LogP contribution in [0.1, 0.15) is 25.8 Å². The maximum atomic E-state index is 12.1. The molecular weight excluding hydrogens is 290 g/mol. The topological polar surface area (TPSA) is 101 Å². The Bertz CT molecular complexity index is 614. The minimum atomic E-state index is -3.55. The highest BCUT2D eigenvalue weighted by Crippen LogP contribution is 2.20. The van der Waals surface area contributed by atoms with Crippen LogP contribution in [0, 0.1) is 12.8 Å². The lowest BCUT2D eigenvalue weighted by molar-refractivity contribution is -0.118. The Morgan fingerprint density at radius 1 is 1.38 bits per heavy atom. The standard InChI is InChI=1S/C14H23N3O3S/c1-5-9(2)13(15)14(18)17-12-8-11(7-6-10(12)3)21(19,20)16-4/h6-9,13,16H,5,15H2,1-4H3,(H,17,18)/t9?,13-/m0/s1. The van der Waals surface area contributed by atoms with Gasteiger partial charge in [0, 0.05) is 5.69 Å². The Labute approximate surface area is 126 Å². The summed E-state index contributed by atoms with van der Waals surface area (Å²) in [5.74, 6) is -0.263. The number of nitrogens with one attached hydrogen (secondary N) is 2. The maximum Gasteiger partial charge on any atom is 0.241 e.